The molecule has 0 radical (unpaired) electrons. The highest BCUT2D eigenvalue weighted by atomic mass is 32.2. The van der Waals surface area contributed by atoms with Crippen LogP contribution in [0.3, 0.4) is 0 Å². The first kappa shape index (κ1) is 28.5. The normalized spacial score (nSPS) is 13.1. The lowest BCUT2D eigenvalue weighted by molar-refractivity contribution is 0.0762. The maximum atomic E-state index is 13.7. The Balaban J connectivity index is 1.47. The van der Waals surface area contributed by atoms with Gasteiger partial charge in [0.15, 0.2) is 0 Å². The highest BCUT2D eigenvalue weighted by Gasteiger charge is 2.30. The largest absolute Gasteiger partial charge is 0.456 e. The number of anilines is 1. The molecule has 0 fully saturated rings. The van der Waals surface area contributed by atoms with Crippen LogP contribution in [0.1, 0.15) is 27.2 Å². The van der Waals surface area contributed by atoms with Crippen LogP contribution in [0.5, 0.6) is 0 Å². The number of hydrogen-bond donors (Lipinski definition) is 1. The van der Waals surface area contributed by atoms with Gasteiger partial charge in [0.25, 0.3) is 5.91 Å². The summed E-state index contributed by atoms with van der Waals surface area (Å²) in [6.45, 7) is 1.07. The molecule has 5 aromatic rings. The van der Waals surface area contributed by atoms with Gasteiger partial charge in [-0.1, -0.05) is 18.2 Å². The first-order valence-electron chi connectivity index (χ1n) is 13.5. The number of halogens is 2. The molecule has 0 spiro atoms. The average Bonchev–Trinajstić information content (AvgIpc) is 3.49. The summed E-state index contributed by atoms with van der Waals surface area (Å²) in [6, 6.07) is 19.0. The number of aromatic nitrogens is 1. The molecule has 0 saturated heterocycles. The van der Waals surface area contributed by atoms with E-state index in [4.69, 9.17) is 9.40 Å². The third-order valence-corrected chi connectivity index (χ3v) is 8.79. The van der Waals surface area contributed by atoms with E-state index in [0.717, 1.165) is 32.6 Å². The number of carbonyl (C=O) groups excluding carboxylic acids is 1. The third-order valence-electron chi connectivity index (χ3n) is 7.60. The van der Waals surface area contributed by atoms with E-state index >= 15 is 0 Å². The molecule has 1 aliphatic rings. The van der Waals surface area contributed by atoms with E-state index < -0.39 is 10.0 Å². The Bertz CT molecular complexity index is 1970. The molecule has 2 aromatic heterocycles. The lowest BCUT2D eigenvalue weighted by Gasteiger charge is -2.20. The topological polar surface area (TPSA) is 95.7 Å². The van der Waals surface area contributed by atoms with Crippen molar-refractivity contribution in [3.63, 3.8) is 0 Å². The Labute approximate surface area is 247 Å². The van der Waals surface area contributed by atoms with Gasteiger partial charge >= 0.3 is 0 Å². The van der Waals surface area contributed by atoms with Crippen molar-refractivity contribution >= 4 is 32.6 Å². The van der Waals surface area contributed by atoms with Gasteiger partial charge in [-0.3, -0.25) is 9.10 Å². The summed E-state index contributed by atoms with van der Waals surface area (Å²) >= 11 is 0. The van der Waals surface area contributed by atoms with Crippen LogP contribution in [-0.4, -0.2) is 44.6 Å². The zero-order chi connectivity index (χ0) is 30.5. The molecule has 1 aliphatic heterocycles. The van der Waals surface area contributed by atoms with Crippen LogP contribution in [0.25, 0.3) is 33.6 Å². The summed E-state index contributed by atoms with van der Waals surface area (Å²) in [4.78, 5) is 19.8. The quantitative estimate of drug-likeness (QED) is 0.245. The highest BCUT2D eigenvalue weighted by Crippen LogP contribution is 2.41. The van der Waals surface area contributed by atoms with E-state index in [-0.39, 0.29) is 23.2 Å². The number of pyridine rings is 1. The molecule has 11 heteroatoms. The molecule has 0 aliphatic carbocycles. The molecule has 1 N–H and O–H groups in total. The SMILES string of the molecule is CNCc1c(-c2ccc(F)cc2)oc2cc(N(C)S(C)(=O)=O)c(-c3ccc4c(n3)C(=O)N(Cc3ccc(F)cc3)C4)cc12. The van der Waals surface area contributed by atoms with E-state index in [1.165, 1.54) is 31.3 Å². The second-order valence-corrected chi connectivity index (χ2v) is 12.5. The Hall–Kier alpha value is -4.61. The third kappa shape index (κ3) is 5.37. The second kappa shape index (κ2) is 10.9. The molecule has 220 valence electrons. The highest BCUT2D eigenvalue weighted by molar-refractivity contribution is 7.92. The standard InChI is InChI=1S/C32H28F2N4O4S/c1-35-16-26-24-14-25(27-13-8-21-18-38(32(39)30(21)36-27)17-19-4-9-22(33)10-5-19)28(37(2)43(3,40)41)15-29(24)42-31(26)20-6-11-23(34)12-7-20/h4-15,35H,16-18H2,1-3H3. The second-order valence-electron chi connectivity index (χ2n) is 10.5. The first-order chi connectivity index (χ1) is 20.5. The molecule has 43 heavy (non-hydrogen) atoms. The minimum Gasteiger partial charge on any atom is -0.456 e. The molecule has 1 amide bonds. The fourth-order valence-electron chi connectivity index (χ4n) is 5.33. The Kier molecular flexibility index (Phi) is 7.23. The van der Waals surface area contributed by atoms with Crippen LogP contribution in [0.4, 0.5) is 14.5 Å². The van der Waals surface area contributed by atoms with Gasteiger partial charge in [0.05, 0.1) is 17.6 Å². The Morgan fingerprint density at radius 3 is 2.33 bits per heavy atom. The van der Waals surface area contributed by atoms with Gasteiger partial charge in [0.2, 0.25) is 10.0 Å². The van der Waals surface area contributed by atoms with Crippen molar-refractivity contribution in [2.24, 2.45) is 0 Å². The number of nitrogens with one attached hydrogen (secondary N) is 1. The van der Waals surface area contributed by atoms with Crippen LogP contribution in [0, 0.1) is 11.6 Å². The van der Waals surface area contributed by atoms with Crippen molar-refractivity contribution in [2.75, 3.05) is 24.7 Å². The van der Waals surface area contributed by atoms with Gasteiger partial charge in [-0.05, 0) is 61.1 Å². The zero-order valence-corrected chi connectivity index (χ0v) is 24.5. The number of sulfonamides is 1. The Morgan fingerprint density at radius 2 is 1.67 bits per heavy atom. The predicted molar refractivity (Wildman–Crippen MR) is 161 cm³/mol. The van der Waals surface area contributed by atoms with E-state index in [2.05, 4.69) is 5.32 Å². The van der Waals surface area contributed by atoms with E-state index in [9.17, 15) is 22.0 Å². The van der Waals surface area contributed by atoms with Crippen LogP contribution < -0.4 is 9.62 Å². The van der Waals surface area contributed by atoms with E-state index in [0.29, 0.717) is 53.5 Å². The van der Waals surface area contributed by atoms with Gasteiger partial charge < -0.3 is 14.6 Å². The number of benzene rings is 3. The molecule has 6 rings (SSSR count). The monoisotopic (exact) mass is 602 g/mol. The molecule has 0 saturated carbocycles. The number of nitrogens with zero attached hydrogens (tertiary/aromatic N) is 3. The number of furan rings is 1. The van der Waals surface area contributed by atoms with Crippen molar-refractivity contribution in [1.82, 2.24) is 15.2 Å². The van der Waals surface area contributed by atoms with Gasteiger partial charge in [-0.2, -0.15) is 0 Å². The predicted octanol–water partition coefficient (Wildman–Crippen LogP) is 5.71. The summed E-state index contributed by atoms with van der Waals surface area (Å²) in [5, 5.41) is 3.87. The molecule has 8 nitrogen and oxygen atoms in total. The lowest BCUT2D eigenvalue weighted by atomic mass is 10.0. The van der Waals surface area contributed by atoms with Gasteiger partial charge in [0, 0.05) is 60.4 Å². The summed E-state index contributed by atoms with van der Waals surface area (Å²) in [5.41, 5.74) is 4.98. The van der Waals surface area contributed by atoms with Gasteiger partial charge in [-0.25, -0.2) is 22.2 Å². The van der Waals surface area contributed by atoms with Crippen molar-refractivity contribution in [1.29, 1.82) is 0 Å². The minimum absolute atomic E-state index is 0.266. The summed E-state index contributed by atoms with van der Waals surface area (Å²) < 4.78 is 59.8. The molecular formula is C32H28F2N4O4S. The minimum atomic E-state index is -3.69. The van der Waals surface area contributed by atoms with Crippen LogP contribution >= 0.6 is 0 Å². The molecule has 0 unspecified atom stereocenters. The fraction of sp³-hybridized carbons (Fsp3) is 0.188. The summed E-state index contributed by atoms with van der Waals surface area (Å²) in [7, 11) is -0.444. The van der Waals surface area contributed by atoms with Crippen LogP contribution in [-0.2, 0) is 29.7 Å². The number of amides is 1. The smallest absolute Gasteiger partial charge is 0.273 e. The summed E-state index contributed by atoms with van der Waals surface area (Å²) in [6.07, 6.45) is 1.10. The zero-order valence-electron chi connectivity index (χ0n) is 23.7. The van der Waals surface area contributed by atoms with Gasteiger partial charge in [-0.15, -0.1) is 0 Å². The number of hydrogen-bond acceptors (Lipinski definition) is 6. The van der Waals surface area contributed by atoms with Gasteiger partial charge in [0.1, 0.15) is 28.7 Å². The maximum Gasteiger partial charge on any atom is 0.273 e. The van der Waals surface area contributed by atoms with Crippen molar-refractivity contribution in [2.45, 2.75) is 19.6 Å². The lowest BCUT2D eigenvalue weighted by Crippen LogP contribution is -2.25. The molecule has 0 atom stereocenters. The Morgan fingerprint density at radius 1 is 1.00 bits per heavy atom. The van der Waals surface area contributed by atoms with Crippen molar-refractivity contribution in [3.8, 4) is 22.6 Å². The first-order valence-corrected chi connectivity index (χ1v) is 15.4. The molecule has 0 bridgehead atoms. The summed E-state index contributed by atoms with van der Waals surface area (Å²) in [5.74, 6) is -0.456. The number of carbonyl (C=O) groups is 1. The number of fused-ring (bicyclic) bond motifs is 2. The van der Waals surface area contributed by atoms with Crippen molar-refractivity contribution < 1.29 is 26.4 Å². The van der Waals surface area contributed by atoms with Crippen LogP contribution in [0.2, 0.25) is 0 Å². The average molecular weight is 603 g/mol. The fourth-order valence-corrected chi connectivity index (χ4v) is 5.84. The number of rotatable bonds is 8. The molecule has 3 heterocycles. The molecule has 3 aromatic carbocycles. The van der Waals surface area contributed by atoms with Crippen molar-refractivity contribution in [3.05, 3.63) is 107 Å². The van der Waals surface area contributed by atoms with E-state index in [1.807, 2.05) is 12.1 Å². The molecular weight excluding hydrogens is 574 g/mol. The maximum absolute atomic E-state index is 13.7. The van der Waals surface area contributed by atoms with Crippen LogP contribution in [0.15, 0.2) is 77.2 Å². The van der Waals surface area contributed by atoms with E-state index in [1.54, 1.807) is 48.3 Å².